The zero-order valence-electron chi connectivity index (χ0n) is 16.2. The van der Waals surface area contributed by atoms with Crippen molar-refractivity contribution >= 4 is 33.3 Å². The maximum atomic E-state index is 12.1. The number of hydrogen-bond donors (Lipinski definition) is 2. The summed E-state index contributed by atoms with van der Waals surface area (Å²) in [6, 6.07) is 4.71. The molecular weight excluding hydrogens is 398 g/mol. The molecule has 0 aliphatic carbocycles. The van der Waals surface area contributed by atoms with Crippen LogP contribution in [0.1, 0.15) is 29.1 Å². The molecule has 0 aliphatic rings. The third kappa shape index (κ3) is 6.43. The summed E-state index contributed by atoms with van der Waals surface area (Å²) in [6.45, 7) is 2.56. The molecular formula is C19H25N3O4S2. The van der Waals surface area contributed by atoms with E-state index in [1.807, 2.05) is 12.3 Å². The van der Waals surface area contributed by atoms with Crippen molar-refractivity contribution in [3.05, 3.63) is 45.9 Å². The van der Waals surface area contributed by atoms with E-state index in [2.05, 4.69) is 15.0 Å². The van der Waals surface area contributed by atoms with E-state index in [-0.39, 0.29) is 16.6 Å². The Kier molecular flexibility index (Phi) is 8.16. The summed E-state index contributed by atoms with van der Waals surface area (Å²) in [5.41, 5.74) is 1.63. The van der Waals surface area contributed by atoms with E-state index in [9.17, 15) is 13.2 Å². The first-order chi connectivity index (χ1) is 13.4. The predicted molar refractivity (Wildman–Crippen MR) is 111 cm³/mol. The molecule has 1 aromatic heterocycles. The molecule has 7 nitrogen and oxygen atoms in total. The Hall–Kier alpha value is -2.23. The van der Waals surface area contributed by atoms with Gasteiger partial charge in [0.15, 0.2) is 0 Å². The largest absolute Gasteiger partial charge is 0.495 e. The summed E-state index contributed by atoms with van der Waals surface area (Å²) in [5.74, 6) is 0.0188. The maximum Gasteiger partial charge on any atom is 0.244 e. The summed E-state index contributed by atoms with van der Waals surface area (Å²) < 4.78 is 31.5. The zero-order chi connectivity index (χ0) is 20.6. The van der Waals surface area contributed by atoms with Gasteiger partial charge in [-0.05, 0) is 57.0 Å². The highest BCUT2D eigenvalue weighted by atomic mass is 32.2. The smallest absolute Gasteiger partial charge is 0.244 e. The number of nitrogens with zero attached hydrogens (tertiary/aromatic N) is 1. The van der Waals surface area contributed by atoms with Crippen molar-refractivity contribution in [3.63, 3.8) is 0 Å². The van der Waals surface area contributed by atoms with E-state index in [0.717, 1.165) is 30.0 Å². The molecule has 0 radical (unpaired) electrons. The highest BCUT2D eigenvalue weighted by Crippen LogP contribution is 2.25. The number of benzene rings is 1. The number of carbonyl (C=O) groups is 1. The average Bonchev–Trinajstić information content (AvgIpc) is 3.11. The fraction of sp³-hybridized carbons (Fsp3) is 0.368. The van der Waals surface area contributed by atoms with Gasteiger partial charge < -0.3 is 10.1 Å². The SMILES string of the molecule is CNS(=O)(=O)c1cc(/C=C/C(=O)NCCCCc2nc(C)cs2)ccc1OC. The van der Waals surface area contributed by atoms with Gasteiger partial charge in [0, 0.05) is 23.7 Å². The molecule has 2 N–H and O–H groups in total. The fourth-order valence-electron chi connectivity index (χ4n) is 2.48. The molecule has 0 aliphatic heterocycles. The third-order valence-electron chi connectivity index (χ3n) is 3.96. The molecule has 152 valence electrons. The number of thiazole rings is 1. The topological polar surface area (TPSA) is 97.4 Å². The van der Waals surface area contributed by atoms with Gasteiger partial charge in [0.25, 0.3) is 0 Å². The number of nitrogens with one attached hydrogen (secondary N) is 2. The number of aryl methyl sites for hydroxylation is 2. The Morgan fingerprint density at radius 3 is 2.75 bits per heavy atom. The molecule has 0 saturated carbocycles. The minimum Gasteiger partial charge on any atom is -0.495 e. The molecule has 1 aromatic carbocycles. The van der Waals surface area contributed by atoms with E-state index in [0.29, 0.717) is 12.1 Å². The molecule has 2 rings (SSSR count). The van der Waals surface area contributed by atoms with E-state index in [4.69, 9.17) is 4.74 Å². The standard InChI is InChI=1S/C19H25N3O4S2/c1-14-13-27-19(22-14)6-4-5-11-21-18(23)10-8-15-7-9-16(26-3)17(12-15)28(24,25)20-2/h7-10,12-13,20H,4-6,11H2,1-3H3,(H,21,23)/b10-8+. The number of carbonyl (C=O) groups excluding carboxylic acids is 1. The normalized spacial score (nSPS) is 11.7. The first kappa shape index (κ1) is 22.1. The van der Waals surface area contributed by atoms with Gasteiger partial charge in [0.1, 0.15) is 10.6 Å². The number of ether oxygens (including phenoxy) is 1. The van der Waals surface area contributed by atoms with Crippen LogP contribution in [0.5, 0.6) is 5.75 Å². The molecule has 0 spiro atoms. The van der Waals surface area contributed by atoms with Crippen molar-refractivity contribution in [2.75, 3.05) is 20.7 Å². The number of rotatable bonds is 10. The van der Waals surface area contributed by atoms with E-state index >= 15 is 0 Å². The minimum absolute atomic E-state index is 0.0254. The lowest BCUT2D eigenvalue weighted by molar-refractivity contribution is -0.116. The van der Waals surface area contributed by atoms with Crippen LogP contribution in [0, 0.1) is 6.92 Å². The molecule has 9 heteroatoms. The first-order valence-electron chi connectivity index (χ1n) is 8.84. The second kappa shape index (κ2) is 10.4. The van der Waals surface area contributed by atoms with E-state index in [1.165, 1.54) is 26.3 Å². The highest BCUT2D eigenvalue weighted by molar-refractivity contribution is 7.89. The quantitative estimate of drug-likeness (QED) is 0.452. The molecule has 1 amide bonds. The van der Waals surface area contributed by atoms with Gasteiger partial charge in [-0.25, -0.2) is 18.1 Å². The van der Waals surface area contributed by atoms with Crippen molar-refractivity contribution in [2.45, 2.75) is 31.1 Å². The van der Waals surface area contributed by atoms with Crippen LogP contribution >= 0.6 is 11.3 Å². The van der Waals surface area contributed by atoms with Crippen molar-refractivity contribution in [1.29, 1.82) is 0 Å². The number of unbranched alkanes of at least 4 members (excludes halogenated alkanes) is 1. The van der Waals surface area contributed by atoms with Crippen LogP contribution in [0.3, 0.4) is 0 Å². The van der Waals surface area contributed by atoms with Gasteiger partial charge in [0.2, 0.25) is 15.9 Å². The molecule has 2 aromatic rings. The van der Waals surface area contributed by atoms with Crippen molar-refractivity contribution in [3.8, 4) is 5.75 Å². The Balaban J connectivity index is 1.85. The van der Waals surface area contributed by atoms with Gasteiger partial charge in [-0.15, -0.1) is 11.3 Å². The first-order valence-corrected chi connectivity index (χ1v) is 11.2. The molecule has 0 fully saturated rings. The number of sulfonamides is 1. The van der Waals surface area contributed by atoms with Crippen LogP contribution in [-0.4, -0.2) is 40.0 Å². The molecule has 28 heavy (non-hydrogen) atoms. The molecule has 0 unspecified atom stereocenters. The Morgan fingerprint density at radius 2 is 2.11 bits per heavy atom. The Morgan fingerprint density at radius 1 is 1.32 bits per heavy atom. The zero-order valence-corrected chi connectivity index (χ0v) is 17.8. The lowest BCUT2D eigenvalue weighted by Crippen LogP contribution is -2.22. The van der Waals surface area contributed by atoms with Crippen molar-refractivity contribution in [1.82, 2.24) is 15.0 Å². The van der Waals surface area contributed by atoms with E-state index in [1.54, 1.807) is 29.5 Å². The summed E-state index contributed by atoms with van der Waals surface area (Å²) in [4.78, 5) is 16.4. The van der Waals surface area contributed by atoms with Gasteiger partial charge >= 0.3 is 0 Å². The predicted octanol–water partition coefficient (Wildman–Crippen LogP) is 2.52. The molecule has 1 heterocycles. The molecule has 0 atom stereocenters. The number of methoxy groups -OCH3 is 1. The van der Waals surface area contributed by atoms with Gasteiger partial charge in [0.05, 0.1) is 12.1 Å². The lowest BCUT2D eigenvalue weighted by Gasteiger charge is -2.09. The van der Waals surface area contributed by atoms with E-state index < -0.39 is 10.0 Å². The van der Waals surface area contributed by atoms with Gasteiger partial charge in [-0.2, -0.15) is 0 Å². The van der Waals surface area contributed by atoms with Crippen molar-refractivity contribution in [2.24, 2.45) is 0 Å². The fourth-order valence-corrected chi connectivity index (χ4v) is 4.22. The Labute approximate surface area is 169 Å². The van der Waals surface area contributed by atoms with Gasteiger partial charge in [-0.1, -0.05) is 6.07 Å². The minimum atomic E-state index is -3.66. The van der Waals surface area contributed by atoms with Crippen LogP contribution in [0.4, 0.5) is 0 Å². The number of aromatic nitrogens is 1. The monoisotopic (exact) mass is 423 g/mol. The summed E-state index contributed by atoms with van der Waals surface area (Å²) in [6.07, 6.45) is 5.70. The van der Waals surface area contributed by atoms with Crippen LogP contribution in [0.15, 0.2) is 34.6 Å². The second-order valence-electron chi connectivity index (χ2n) is 6.08. The number of hydrogen-bond acceptors (Lipinski definition) is 6. The maximum absolute atomic E-state index is 12.1. The molecule has 0 saturated heterocycles. The summed E-state index contributed by atoms with van der Waals surface area (Å²) >= 11 is 1.66. The lowest BCUT2D eigenvalue weighted by atomic mass is 10.2. The number of amides is 1. The van der Waals surface area contributed by atoms with Crippen LogP contribution in [-0.2, 0) is 21.2 Å². The summed E-state index contributed by atoms with van der Waals surface area (Å²) in [5, 5.41) is 5.98. The second-order valence-corrected chi connectivity index (χ2v) is 8.88. The van der Waals surface area contributed by atoms with Crippen LogP contribution in [0.2, 0.25) is 0 Å². The van der Waals surface area contributed by atoms with Gasteiger partial charge in [-0.3, -0.25) is 4.79 Å². The highest BCUT2D eigenvalue weighted by Gasteiger charge is 2.17. The Bertz CT molecular complexity index is 936. The molecule has 0 bridgehead atoms. The van der Waals surface area contributed by atoms with Crippen molar-refractivity contribution < 1.29 is 17.9 Å². The van der Waals surface area contributed by atoms with Crippen LogP contribution < -0.4 is 14.8 Å². The summed E-state index contributed by atoms with van der Waals surface area (Å²) in [7, 11) is -0.919. The van der Waals surface area contributed by atoms with Crippen LogP contribution in [0.25, 0.3) is 6.08 Å². The third-order valence-corrected chi connectivity index (χ3v) is 6.42. The average molecular weight is 424 g/mol.